The van der Waals surface area contributed by atoms with E-state index in [0.29, 0.717) is 17.7 Å². The number of nitrogens with one attached hydrogen (secondary N) is 1. The molecule has 7 nitrogen and oxygen atoms in total. The van der Waals surface area contributed by atoms with Gasteiger partial charge in [-0.1, -0.05) is 36.4 Å². The maximum absolute atomic E-state index is 13.5. The molecule has 1 atom stereocenters. The topological polar surface area (TPSA) is 88.3 Å². The van der Waals surface area contributed by atoms with Gasteiger partial charge in [-0.2, -0.15) is 0 Å². The van der Waals surface area contributed by atoms with E-state index >= 15 is 0 Å². The Hall–Kier alpha value is -4.33. The lowest BCUT2D eigenvalue weighted by atomic mass is 10.0. The van der Waals surface area contributed by atoms with Crippen molar-refractivity contribution < 1.29 is 18.4 Å². The summed E-state index contributed by atoms with van der Waals surface area (Å²) in [6, 6.07) is 17.5. The lowest BCUT2D eigenvalue weighted by Crippen LogP contribution is -2.44. The van der Waals surface area contributed by atoms with E-state index in [2.05, 4.69) is 15.3 Å². The average molecular weight is 444 g/mol. The van der Waals surface area contributed by atoms with Crippen molar-refractivity contribution in [1.82, 2.24) is 15.3 Å². The summed E-state index contributed by atoms with van der Waals surface area (Å²) in [4.78, 5) is 36.3. The summed E-state index contributed by atoms with van der Waals surface area (Å²) >= 11 is 0. The van der Waals surface area contributed by atoms with Gasteiger partial charge in [0, 0.05) is 30.2 Å². The predicted molar refractivity (Wildman–Crippen MR) is 120 cm³/mol. The Morgan fingerprint density at radius 2 is 1.91 bits per heavy atom. The lowest BCUT2D eigenvalue weighted by molar-refractivity contribution is -0.122. The molecule has 8 heteroatoms. The maximum Gasteiger partial charge on any atom is 0.281 e. The van der Waals surface area contributed by atoms with Crippen molar-refractivity contribution in [3.05, 3.63) is 114 Å². The van der Waals surface area contributed by atoms with Crippen LogP contribution >= 0.6 is 0 Å². The number of hydrogen-bond donors (Lipinski definition) is 1. The van der Waals surface area contributed by atoms with Gasteiger partial charge in [0.15, 0.2) is 12.1 Å². The molecule has 166 valence electrons. The molecule has 2 amide bonds. The van der Waals surface area contributed by atoms with Crippen molar-refractivity contribution in [2.45, 2.75) is 12.5 Å². The first-order valence-electron chi connectivity index (χ1n) is 10.3. The van der Waals surface area contributed by atoms with E-state index in [9.17, 15) is 14.0 Å². The molecule has 0 spiro atoms. The van der Waals surface area contributed by atoms with Crippen LogP contribution in [0.2, 0.25) is 0 Å². The highest BCUT2D eigenvalue weighted by Gasteiger charge is 2.34. The molecular formula is C25H21FN4O3. The van der Waals surface area contributed by atoms with E-state index < -0.39 is 17.9 Å². The molecular weight excluding hydrogens is 423 g/mol. The fourth-order valence-electron chi connectivity index (χ4n) is 3.49. The van der Waals surface area contributed by atoms with E-state index in [1.54, 1.807) is 60.9 Å². The number of para-hydroxylation sites is 1. The monoisotopic (exact) mass is 444 g/mol. The van der Waals surface area contributed by atoms with Gasteiger partial charge in [0.2, 0.25) is 5.91 Å². The normalized spacial score (nSPS) is 11.5. The highest BCUT2D eigenvalue weighted by molar-refractivity contribution is 6.08. The van der Waals surface area contributed by atoms with Crippen LogP contribution in [0.15, 0.2) is 96.2 Å². The van der Waals surface area contributed by atoms with Gasteiger partial charge in [-0.25, -0.2) is 9.37 Å². The van der Waals surface area contributed by atoms with Gasteiger partial charge in [0.1, 0.15) is 18.1 Å². The first-order valence-corrected chi connectivity index (χ1v) is 10.3. The first kappa shape index (κ1) is 21.9. The number of hydrogen-bond acceptors (Lipinski definition) is 5. The molecule has 4 rings (SSSR count). The van der Waals surface area contributed by atoms with Crippen molar-refractivity contribution >= 4 is 17.5 Å². The molecule has 0 aliphatic heterocycles. The van der Waals surface area contributed by atoms with Crippen LogP contribution in [0.1, 0.15) is 27.7 Å². The van der Waals surface area contributed by atoms with E-state index in [0.717, 1.165) is 12.0 Å². The molecule has 1 unspecified atom stereocenters. The second kappa shape index (κ2) is 10.3. The highest BCUT2D eigenvalue weighted by Crippen LogP contribution is 2.29. The van der Waals surface area contributed by atoms with E-state index in [1.807, 2.05) is 6.07 Å². The fourth-order valence-corrected chi connectivity index (χ4v) is 3.49. The Labute approximate surface area is 189 Å². The highest BCUT2D eigenvalue weighted by atomic mass is 19.1. The molecule has 2 aromatic carbocycles. The van der Waals surface area contributed by atoms with Gasteiger partial charge < -0.3 is 9.73 Å². The number of halogens is 1. The Morgan fingerprint density at radius 1 is 1.06 bits per heavy atom. The molecule has 2 aromatic heterocycles. The summed E-state index contributed by atoms with van der Waals surface area (Å²) in [5, 5.41) is 2.87. The van der Waals surface area contributed by atoms with Crippen LogP contribution in [-0.4, -0.2) is 28.3 Å². The standard InChI is InChI=1S/C25H21FN4O3/c26-20-8-4-6-18(14-20)11-13-28-24(31)23(19-7-5-12-27-15-19)30(21-9-2-1-3-10-21)25(32)22-16-33-17-29-22/h1-10,12,14-17,23H,11,13H2,(H,28,31). The molecule has 4 aromatic rings. The molecule has 0 aliphatic carbocycles. The van der Waals surface area contributed by atoms with Gasteiger partial charge in [-0.05, 0) is 42.3 Å². The molecule has 0 saturated heterocycles. The van der Waals surface area contributed by atoms with Crippen molar-refractivity contribution in [3.63, 3.8) is 0 Å². The van der Waals surface area contributed by atoms with E-state index in [-0.39, 0.29) is 18.1 Å². The largest absolute Gasteiger partial charge is 0.451 e. The number of amides is 2. The zero-order valence-corrected chi connectivity index (χ0v) is 17.6. The number of pyridine rings is 1. The van der Waals surface area contributed by atoms with Crippen LogP contribution in [0.5, 0.6) is 0 Å². The van der Waals surface area contributed by atoms with Gasteiger partial charge >= 0.3 is 0 Å². The van der Waals surface area contributed by atoms with E-state index in [4.69, 9.17) is 4.42 Å². The third-order valence-electron chi connectivity index (χ3n) is 5.01. The van der Waals surface area contributed by atoms with Crippen LogP contribution in [-0.2, 0) is 11.2 Å². The minimum absolute atomic E-state index is 0.0697. The molecule has 0 fully saturated rings. The lowest BCUT2D eigenvalue weighted by Gasteiger charge is -2.30. The van der Waals surface area contributed by atoms with Crippen LogP contribution in [0.4, 0.5) is 10.1 Å². The van der Waals surface area contributed by atoms with E-state index in [1.165, 1.54) is 23.3 Å². The molecule has 0 radical (unpaired) electrons. The van der Waals surface area contributed by atoms with Crippen molar-refractivity contribution in [1.29, 1.82) is 0 Å². The van der Waals surface area contributed by atoms with Gasteiger partial charge in [-0.3, -0.25) is 19.5 Å². The summed E-state index contributed by atoms with van der Waals surface area (Å²) in [5.74, 6) is -1.23. The molecule has 0 saturated carbocycles. The summed E-state index contributed by atoms with van der Waals surface area (Å²) in [6.45, 7) is 0.264. The Morgan fingerprint density at radius 3 is 2.61 bits per heavy atom. The zero-order valence-electron chi connectivity index (χ0n) is 17.6. The minimum Gasteiger partial charge on any atom is -0.451 e. The number of carbonyl (C=O) groups is 2. The molecule has 1 N–H and O–H groups in total. The van der Waals surface area contributed by atoms with Gasteiger partial charge in [-0.15, -0.1) is 0 Å². The zero-order chi connectivity index (χ0) is 23.0. The molecule has 0 bridgehead atoms. The summed E-state index contributed by atoms with van der Waals surface area (Å²) < 4.78 is 18.5. The van der Waals surface area contributed by atoms with Gasteiger partial charge in [0.05, 0.1) is 0 Å². The van der Waals surface area contributed by atoms with Crippen LogP contribution < -0.4 is 10.2 Å². The number of anilines is 1. The van der Waals surface area contributed by atoms with Crippen molar-refractivity contribution in [3.8, 4) is 0 Å². The number of carbonyl (C=O) groups excluding carboxylic acids is 2. The van der Waals surface area contributed by atoms with Crippen LogP contribution in [0.3, 0.4) is 0 Å². The number of rotatable bonds is 8. The molecule has 2 heterocycles. The minimum atomic E-state index is -1.02. The summed E-state index contributed by atoms with van der Waals surface area (Å²) in [5.41, 5.74) is 1.87. The number of oxazole rings is 1. The molecule has 0 aliphatic rings. The van der Waals surface area contributed by atoms with Crippen molar-refractivity contribution in [2.75, 3.05) is 11.4 Å². The third-order valence-corrected chi connectivity index (χ3v) is 5.01. The van der Waals surface area contributed by atoms with Gasteiger partial charge in [0.25, 0.3) is 5.91 Å². The number of aromatic nitrogens is 2. The molecule has 33 heavy (non-hydrogen) atoms. The SMILES string of the molecule is O=C(NCCc1cccc(F)c1)C(c1cccnc1)N(C(=O)c1cocn1)c1ccccc1. The maximum atomic E-state index is 13.5. The first-order chi connectivity index (χ1) is 16.1. The van der Waals surface area contributed by atoms with Crippen molar-refractivity contribution in [2.24, 2.45) is 0 Å². The number of nitrogens with zero attached hydrogens (tertiary/aromatic N) is 3. The van der Waals surface area contributed by atoms with Crippen LogP contribution in [0.25, 0.3) is 0 Å². The summed E-state index contributed by atoms with van der Waals surface area (Å²) in [7, 11) is 0. The predicted octanol–water partition coefficient (Wildman–Crippen LogP) is 3.96. The third kappa shape index (κ3) is 5.30. The second-order valence-corrected chi connectivity index (χ2v) is 7.24. The van der Waals surface area contributed by atoms with Crippen LogP contribution in [0, 0.1) is 5.82 Å². The summed E-state index contributed by atoms with van der Waals surface area (Å²) in [6.07, 6.45) is 5.97. The number of benzene rings is 2. The smallest absolute Gasteiger partial charge is 0.281 e. The average Bonchev–Trinajstić information content (AvgIpc) is 3.38. The second-order valence-electron chi connectivity index (χ2n) is 7.24. The Balaban J connectivity index is 1.65. The quantitative estimate of drug-likeness (QED) is 0.445. The fraction of sp³-hybridized carbons (Fsp3) is 0.120. The Kier molecular flexibility index (Phi) is 6.84. The Bertz CT molecular complexity index is 1200.